The van der Waals surface area contributed by atoms with E-state index in [1.54, 1.807) is 6.07 Å². The van der Waals surface area contributed by atoms with E-state index in [-0.39, 0.29) is 11.4 Å². The first-order chi connectivity index (χ1) is 9.36. The molecule has 0 radical (unpaired) electrons. The number of hydrogen-bond donors (Lipinski definition) is 1. The van der Waals surface area contributed by atoms with Crippen LogP contribution >= 0.6 is 11.3 Å². The maximum absolute atomic E-state index is 11.6. The smallest absolute Gasteiger partial charge is 0.443 e. The minimum atomic E-state index is -4.27. The summed E-state index contributed by atoms with van der Waals surface area (Å²) in [5, 5.41) is 9.08. The topological polar surface area (TPSA) is 72.3 Å². The summed E-state index contributed by atoms with van der Waals surface area (Å²) < 4.78 is 39.4. The first-order valence-corrected chi connectivity index (χ1v) is 5.93. The molecule has 0 aliphatic rings. The van der Waals surface area contributed by atoms with Gasteiger partial charge in [-0.25, -0.2) is 14.8 Å². The van der Waals surface area contributed by atoms with Crippen molar-refractivity contribution in [2.75, 3.05) is 7.11 Å². The Morgan fingerprint density at radius 3 is 2.40 bits per heavy atom. The molecular formula is C11H9F3N2O3S. The highest BCUT2D eigenvalue weighted by Crippen LogP contribution is 2.30. The van der Waals surface area contributed by atoms with E-state index in [9.17, 15) is 18.0 Å². The number of ether oxygens (including phenoxy) is 1. The van der Waals surface area contributed by atoms with Crippen LogP contribution in [0.25, 0.3) is 0 Å². The van der Waals surface area contributed by atoms with E-state index in [2.05, 4.69) is 9.97 Å². The van der Waals surface area contributed by atoms with Gasteiger partial charge in [-0.05, 0) is 12.1 Å². The fourth-order valence-electron chi connectivity index (χ4n) is 1.08. The molecule has 2 aromatic heterocycles. The van der Waals surface area contributed by atoms with Crippen LogP contribution in [0.5, 0.6) is 5.88 Å². The van der Waals surface area contributed by atoms with Crippen LogP contribution < -0.4 is 4.74 Å². The van der Waals surface area contributed by atoms with Crippen LogP contribution in [0.1, 0.15) is 15.4 Å². The number of carboxylic acid groups (broad SMARTS) is 1. The van der Waals surface area contributed by atoms with Gasteiger partial charge in [-0.2, -0.15) is 13.2 Å². The van der Waals surface area contributed by atoms with Crippen molar-refractivity contribution >= 4 is 17.3 Å². The zero-order valence-corrected chi connectivity index (χ0v) is 10.9. The highest BCUT2D eigenvalue weighted by molar-refractivity contribution is 7.09. The fourth-order valence-corrected chi connectivity index (χ4v) is 1.59. The minimum absolute atomic E-state index is 0.0787. The van der Waals surface area contributed by atoms with Gasteiger partial charge in [0.05, 0.1) is 7.11 Å². The van der Waals surface area contributed by atoms with Crippen molar-refractivity contribution in [2.24, 2.45) is 0 Å². The van der Waals surface area contributed by atoms with E-state index in [1.165, 1.54) is 24.8 Å². The number of carbonyl (C=O) groups is 1. The summed E-state index contributed by atoms with van der Waals surface area (Å²) >= 11 is 0.594. The predicted octanol–water partition coefficient (Wildman–Crippen LogP) is 2.95. The lowest BCUT2D eigenvalue weighted by molar-refractivity contribution is -0.137. The predicted molar refractivity (Wildman–Crippen MR) is 64.9 cm³/mol. The standard InChI is InChI=1S/C7H7NO3.C4H2F3NS/c1-11-6-5(7(9)10)3-2-4-8-6;5-4(6,7)3-8-1-2-9-3/h2-4H,1H3,(H,9,10);1-2H. The summed E-state index contributed by atoms with van der Waals surface area (Å²) in [6, 6.07) is 2.99. The summed E-state index contributed by atoms with van der Waals surface area (Å²) in [7, 11) is 1.38. The van der Waals surface area contributed by atoms with E-state index in [4.69, 9.17) is 9.84 Å². The van der Waals surface area contributed by atoms with Gasteiger partial charge in [0.25, 0.3) is 0 Å². The van der Waals surface area contributed by atoms with Gasteiger partial charge in [0.2, 0.25) is 5.88 Å². The number of aromatic nitrogens is 2. The number of aromatic carboxylic acids is 1. The molecule has 0 fully saturated rings. The number of alkyl halides is 3. The maximum Gasteiger partial charge on any atom is 0.443 e. The molecule has 0 atom stereocenters. The lowest BCUT2D eigenvalue weighted by Gasteiger charge is -2.00. The Hall–Kier alpha value is -2.16. The van der Waals surface area contributed by atoms with Crippen molar-refractivity contribution in [3.05, 3.63) is 40.5 Å². The van der Waals surface area contributed by atoms with Crippen molar-refractivity contribution in [1.29, 1.82) is 0 Å². The van der Waals surface area contributed by atoms with Crippen molar-refractivity contribution in [1.82, 2.24) is 9.97 Å². The number of halogens is 3. The van der Waals surface area contributed by atoms with Crippen LogP contribution in [0.15, 0.2) is 29.9 Å². The summed E-state index contributed by atoms with van der Waals surface area (Å²) in [5.74, 6) is -0.894. The van der Waals surface area contributed by atoms with Gasteiger partial charge >= 0.3 is 12.1 Å². The Morgan fingerprint density at radius 1 is 1.35 bits per heavy atom. The largest absolute Gasteiger partial charge is 0.480 e. The van der Waals surface area contributed by atoms with Crippen molar-refractivity contribution in [3.63, 3.8) is 0 Å². The second-order valence-electron chi connectivity index (χ2n) is 3.20. The van der Waals surface area contributed by atoms with Crippen LogP contribution in [-0.2, 0) is 6.18 Å². The highest BCUT2D eigenvalue weighted by atomic mass is 32.1. The molecule has 0 saturated carbocycles. The van der Waals surface area contributed by atoms with Crippen LogP contribution in [0.4, 0.5) is 13.2 Å². The molecule has 0 spiro atoms. The molecule has 108 valence electrons. The summed E-state index contributed by atoms with van der Waals surface area (Å²) in [4.78, 5) is 17.3. The number of thiazole rings is 1. The molecule has 9 heteroatoms. The average Bonchev–Trinajstić information content (AvgIpc) is 2.93. The van der Waals surface area contributed by atoms with E-state index < -0.39 is 17.2 Å². The first kappa shape index (κ1) is 15.9. The van der Waals surface area contributed by atoms with Gasteiger partial charge in [0, 0.05) is 17.8 Å². The number of rotatable bonds is 2. The Bertz CT molecular complexity index is 558. The SMILES string of the molecule is COc1ncccc1C(=O)O.FC(F)(F)c1nccs1. The molecule has 0 unspecified atom stereocenters. The Balaban J connectivity index is 0.000000204. The second-order valence-corrected chi connectivity index (χ2v) is 4.09. The lowest BCUT2D eigenvalue weighted by Crippen LogP contribution is -2.02. The van der Waals surface area contributed by atoms with Crippen LogP contribution in [0.3, 0.4) is 0 Å². The van der Waals surface area contributed by atoms with Gasteiger partial charge in [-0.1, -0.05) is 0 Å². The zero-order valence-electron chi connectivity index (χ0n) is 10.1. The normalized spacial score (nSPS) is 10.4. The lowest BCUT2D eigenvalue weighted by atomic mass is 10.3. The average molecular weight is 306 g/mol. The van der Waals surface area contributed by atoms with Crippen molar-refractivity contribution in [3.8, 4) is 5.88 Å². The van der Waals surface area contributed by atoms with E-state index in [0.717, 1.165) is 6.20 Å². The molecule has 0 aromatic carbocycles. The molecule has 20 heavy (non-hydrogen) atoms. The molecule has 2 heterocycles. The van der Waals surface area contributed by atoms with Gasteiger partial charge in [-0.15, -0.1) is 11.3 Å². The van der Waals surface area contributed by atoms with Crippen LogP contribution in [-0.4, -0.2) is 28.2 Å². The van der Waals surface area contributed by atoms with E-state index >= 15 is 0 Å². The first-order valence-electron chi connectivity index (χ1n) is 5.05. The zero-order chi connectivity index (χ0) is 15.2. The molecule has 0 bridgehead atoms. The van der Waals surface area contributed by atoms with Gasteiger partial charge < -0.3 is 9.84 Å². The fraction of sp³-hybridized carbons (Fsp3) is 0.182. The summed E-state index contributed by atoms with van der Waals surface area (Å²) in [6.45, 7) is 0. The van der Waals surface area contributed by atoms with Gasteiger partial charge in [-0.3, -0.25) is 0 Å². The van der Waals surface area contributed by atoms with E-state index in [0.29, 0.717) is 11.3 Å². The number of carboxylic acids is 1. The Kier molecular flexibility index (Phi) is 5.44. The summed E-state index contributed by atoms with van der Waals surface area (Å²) in [6.07, 6.45) is -1.66. The molecule has 0 aliphatic carbocycles. The number of hydrogen-bond acceptors (Lipinski definition) is 5. The Labute approximate surface area is 115 Å². The number of nitrogens with zero attached hydrogens (tertiary/aromatic N) is 2. The van der Waals surface area contributed by atoms with E-state index in [1.807, 2.05) is 0 Å². The van der Waals surface area contributed by atoms with Crippen molar-refractivity contribution in [2.45, 2.75) is 6.18 Å². The maximum atomic E-state index is 11.6. The molecule has 0 amide bonds. The highest BCUT2D eigenvalue weighted by Gasteiger charge is 2.33. The number of pyridine rings is 1. The molecule has 2 aromatic rings. The third-order valence-corrected chi connectivity index (χ3v) is 2.69. The molecule has 2 rings (SSSR count). The minimum Gasteiger partial charge on any atom is -0.480 e. The quantitative estimate of drug-likeness (QED) is 0.923. The van der Waals surface area contributed by atoms with Gasteiger partial charge in [0.1, 0.15) is 5.56 Å². The molecule has 1 N–H and O–H groups in total. The third-order valence-electron chi connectivity index (χ3n) is 1.87. The molecule has 0 saturated heterocycles. The summed E-state index contributed by atoms with van der Waals surface area (Å²) in [5.41, 5.74) is 0.0787. The van der Waals surface area contributed by atoms with Crippen LogP contribution in [0, 0.1) is 0 Å². The Morgan fingerprint density at radius 2 is 2.05 bits per heavy atom. The van der Waals surface area contributed by atoms with Gasteiger partial charge in [0.15, 0.2) is 5.01 Å². The number of methoxy groups -OCH3 is 1. The third kappa shape index (κ3) is 4.50. The molecular weight excluding hydrogens is 297 g/mol. The van der Waals surface area contributed by atoms with Crippen molar-refractivity contribution < 1.29 is 27.8 Å². The molecule has 5 nitrogen and oxygen atoms in total. The second kappa shape index (κ2) is 6.85. The van der Waals surface area contributed by atoms with Crippen LogP contribution in [0.2, 0.25) is 0 Å². The molecule has 0 aliphatic heterocycles. The monoisotopic (exact) mass is 306 g/mol.